The summed E-state index contributed by atoms with van der Waals surface area (Å²) in [5.74, 6) is -1.47. The molecule has 0 bridgehead atoms. The zero-order chi connectivity index (χ0) is 12.4. The summed E-state index contributed by atoms with van der Waals surface area (Å²) in [5, 5.41) is 9.07. The number of amides is 1. The molecule has 1 fully saturated rings. The van der Waals surface area contributed by atoms with Crippen LogP contribution in [0.5, 0.6) is 0 Å². The highest BCUT2D eigenvalue weighted by Gasteiger charge is 2.31. The van der Waals surface area contributed by atoms with Crippen LogP contribution in [0.3, 0.4) is 0 Å². The molecule has 0 spiro atoms. The van der Waals surface area contributed by atoms with E-state index in [-0.39, 0.29) is 5.56 Å². The molecule has 17 heavy (non-hydrogen) atoms. The minimum absolute atomic E-state index is 0.0978. The highest BCUT2D eigenvalue weighted by Crippen LogP contribution is 2.27. The molecule has 6 nitrogen and oxygen atoms in total. The number of pyridine rings is 1. The third kappa shape index (κ3) is 2.06. The monoisotopic (exact) mass is 235 g/mol. The molecule has 1 aliphatic heterocycles. The first kappa shape index (κ1) is 11.4. The predicted octanol–water partition coefficient (Wildman–Crippen LogP) is 0.234. The molecule has 1 unspecified atom stereocenters. The number of nitrogens with zero attached hydrogens (tertiary/aromatic N) is 2. The summed E-state index contributed by atoms with van der Waals surface area (Å²) < 4.78 is 0. The van der Waals surface area contributed by atoms with Crippen molar-refractivity contribution in [2.24, 2.45) is 5.73 Å². The van der Waals surface area contributed by atoms with Crippen molar-refractivity contribution in [2.45, 2.75) is 18.9 Å². The normalized spacial score (nSPS) is 19.3. The van der Waals surface area contributed by atoms with Gasteiger partial charge in [-0.05, 0) is 18.9 Å². The van der Waals surface area contributed by atoms with Crippen LogP contribution in [-0.4, -0.2) is 34.6 Å². The van der Waals surface area contributed by atoms with E-state index in [2.05, 4.69) is 4.98 Å². The summed E-state index contributed by atoms with van der Waals surface area (Å²) in [6, 6.07) is 1.18. The number of anilines is 1. The van der Waals surface area contributed by atoms with Crippen molar-refractivity contribution in [3.8, 4) is 0 Å². The van der Waals surface area contributed by atoms with Crippen LogP contribution in [0.2, 0.25) is 0 Å². The van der Waals surface area contributed by atoms with Gasteiger partial charge in [-0.15, -0.1) is 0 Å². The largest absolute Gasteiger partial charge is 0.478 e. The first-order valence-electron chi connectivity index (χ1n) is 5.34. The summed E-state index contributed by atoms with van der Waals surface area (Å²) in [7, 11) is 0. The van der Waals surface area contributed by atoms with Crippen molar-refractivity contribution in [1.82, 2.24) is 4.98 Å². The Labute approximate surface area is 98.1 Å². The molecule has 0 aliphatic carbocycles. The second-order valence-corrected chi connectivity index (χ2v) is 3.95. The SMILES string of the molecule is NC(=O)C1CCCN1c1ccncc1C(=O)O. The lowest BCUT2D eigenvalue weighted by Crippen LogP contribution is -2.41. The molecule has 3 N–H and O–H groups in total. The van der Waals surface area contributed by atoms with Crippen molar-refractivity contribution in [3.05, 3.63) is 24.0 Å². The number of carboxylic acid groups (broad SMARTS) is 1. The van der Waals surface area contributed by atoms with E-state index in [1.165, 1.54) is 12.4 Å². The van der Waals surface area contributed by atoms with Crippen LogP contribution in [0.15, 0.2) is 18.5 Å². The van der Waals surface area contributed by atoms with Crippen molar-refractivity contribution < 1.29 is 14.7 Å². The summed E-state index contributed by atoms with van der Waals surface area (Å²) >= 11 is 0. The molecule has 2 rings (SSSR count). The van der Waals surface area contributed by atoms with Crippen LogP contribution < -0.4 is 10.6 Å². The van der Waals surface area contributed by atoms with Crippen LogP contribution in [-0.2, 0) is 4.79 Å². The molecule has 1 aliphatic rings. The van der Waals surface area contributed by atoms with Gasteiger partial charge in [-0.1, -0.05) is 0 Å². The number of carboxylic acids is 1. The van der Waals surface area contributed by atoms with Gasteiger partial charge >= 0.3 is 5.97 Å². The summed E-state index contributed by atoms with van der Waals surface area (Å²) in [6.45, 7) is 0.637. The van der Waals surface area contributed by atoms with Crippen LogP contribution in [0.25, 0.3) is 0 Å². The lowest BCUT2D eigenvalue weighted by Gasteiger charge is -2.25. The summed E-state index contributed by atoms with van der Waals surface area (Å²) in [5.41, 5.74) is 5.91. The van der Waals surface area contributed by atoms with E-state index in [1.54, 1.807) is 11.0 Å². The molecule has 1 aromatic heterocycles. The number of rotatable bonds is 3. The predicted molar refractivity (Wildman–Crippen MR) is 60.8 cm³/mol. The fourth-order valence-electron chi connectivity index (χ4n) is 2.15. The molecular weight excluding hydrogens is 222 g/mol. The first-order valence-corrected chi connectivity index (χ1v) is 5.34. The summed E-state index contributed by atoms with van der Waals surface area (Å²) in [4.78, 5) is 27.9. The van der Waals surface area contributed by atoms with E-state index in [0.717, 1.165) is 6.42 Å². The quantitative estimate of drug-likeness (QED) is 0.781. The Bertz CT molecular complexity index is 461. The Morgan fingerprint density at radius 1 is 1.53 bits per heavy atom. The second kappa shape index (κ2) is 4.40. The van der Waals surface area contributed by atoms with Gasteiger partial charge in [-0.25, -0.2) is 4.79 Å². The number of aromatic carboxylic acids is 1. The van der Waals surface area contributed by atoms with Gasteiger partial charge in [0.15, 0.2) is 0 Å². The second-order valence-electron chi connectivity index (χ2n) is 3.95. The number of aromatic nitrogens is 1. The van der Waals surface area contributed by atoms with Gasteiger partial charge < -0.3 is 15.7 Å². The lowest BCUT2D eigenvalue weighted by molar-refractivity contribution is -0.119. The maximum atomic E-state index is 11.3. The van der Waals surface area contributed by atoms with Gasteiger partial charge in [0.25, 0.3) is 0 Å². The van der Waals surface area contributed by atoms with E-state index < -0.39 is 17.9 Å². The average molecular weight is 235 g/mol. The van der Waals surface area contributed by atoms with E-state index >= 15 is 0 Å². The number of primary amides is 1. The molecule has 1 amide bonds. The average Bonchev–Trinajstić information content (AvgIpc) is 2.77. The maximum absolute atomic E-state index is 11.3. The van der Waals surface area contributed by atoms with Gasteiger partial charge in [-0.3, -0.25) is 9.78 Å². The van der Waals surface area contributed by atoms with Crippen molar-refractivity contribution in [1.29, 1.82) is 0 Å². The Hall–Kier alpha value is -2.11. The van der Waals surface area contributed by atoms with Crippen molar-refractivity contribution in [2.75, 3.05) is 11.4 Å². The Morgan fingerprint density at radius 2 is 2.29 bits per heavy atom. The number of carbonyl (C=O) groups is 2. The van der Waals surface area contributed by atoms with Gasteiger partial charge in [0.2, 0.25) is 5.91 Å². The zero-order valence-electron chi connectivity index (χ0n) is 9.17. The third-order valence-electron chi connectivity index (χ3n) is 2.92. The molecule has 1 atom stereocenters. The number of carbonyl (C=O) groups excluding carboxylic acids is 1. The van der Waals surface area contributed by atoms with Gasteiger partial charge in [0.1, 0.15) is 11.6 Å². The molecule has 0 aromatic carbocycles. The summed E-state index contributed by atoms with van der Waals surface area (Å²) in [6.07, 6.45) is 4.29. The molecule has 1 aromatic rings. The molecule has 90 valence electrons. The van der Waals surface area contributed by atoms with Crippen LogP contribution >= 0.6 is 0 Å². The number of hydrogen-bond donors (Lipinski definition) is 2. The van der Waals surface area contributed by atoms with Gasteiger partial charge in [-0.2, -0.15) is 0 Å². The number of nitrogens with two attached hydrogens (primary N) is 1. The van der Waals surface area contributed by atoms with Crippen LogP contribution in [0.1, 0.15) is 23.2 Å². The van der Waals surface area contributed by atoms with Gasteiger partial charge in [0.05, 0.1) is 5.69 Å². The molecular formula is C11H13N3O3. The molecule has 0 saturated carbocycles. The first-order chi connectivity index (χ1) is 8.11. The Morgan fingerprint density at radius 3 is 2.94 bits per heavy atom. The topological polar surface area (TPSA) is 96.5 Å². The van der Waals surface area contributed by atoms with E-state index in [4.69, 9.17) is 10.8 Å². The lowest BCUT2D eigenvalue weighted by atomic mass is 10.1. The van der Waals surface area contributed by atoms with E-state index in [9.17, 15) is 9.59 Å². The minimum Gasteiger partial charge on any atom is -0.478 e. The van der Waals surface area contributed by atoms with Crippen LogP contribution in [0.4, 0.5) is 5.69 Å². The highest BCUT2D eigenvalue weighted by molar-refractivity contribution is 5.95. The smallest absolute Gasteiger partial charge is 0.339 e. The van der Waals surface area contributed by atoms with E-state index in [1.807, 2.05) is 0 Å². The molecule has 2 heterocycles. The fourth-order valence-corrected chi connectivity index (χ4v) is 2.15. The standard InChI is InChI=1S/C11H13N3O3/c12-10(15)9-2-1-5-14(9)8-3-4-13-6-7(8)11(16)17/h3-4,6,9H,1-2,5H2,(H2,12,15)(H,16,17). The number of hydrogen-bond acceptors (Lipinski definition) is 4. The third-order valence-corrected chi connectivity index (χ3v) is 2.92. The van der Waals surface area contributed by atoms with E-state index in [0.29, 0.717) is 18.7 Å². The van der Waals surface area contributed by atoms with Gasteiger partial charge in [0, 0.05) is 18.9 Å². The Kier molecular flexibility index (Phi) is 2.95. The van der Waals surface area contributed by atoms with Crippen molar-refractivity contribution >= 4 is 17.6 Å². The Balaban J connectivity index is 2.39. The highest BCUT2D eigenvalue weighted by atomic mass is 16.4. The minimum atomic E-state index is -1.05. The zero-order valence-corrected chi connectivity index (χ0v) is 9.17. The van der Waals surface area contributed by atoms with Crippen molar-refractivity contribution in [3.63, 3.8) is 0 Å². The molecule has 0 radical (unpaired) electrons. The van der Waals surface area contributed by atoms with Crippen LogP contribution in [0, 0.1) is 0 Å². The molecule has 1 saturated heterocycles. The fraction of sp³-hybridized carbons (Fsp3) is 0.364. The molecule has 6 heteroatoms. The maximum Gasteiger partial charge on any atom is 0.339 e.